The lowest BCUT2D eigenvalue weighted by molar-refractivity contribution is 0.183. The summed E-state index contributed by atoms with van der Waals surface area (Å²) < 4.78 is 11.4. The Morgan fingerprint density at radius 2 is 2.22 bits per heavy atom. The molecule has 0 aliphatic heterocycles. The minimum atomic E-state index is -0.334. The Labute approximate surface area is 55.1 Å². The third-order valence-electron chi connectivity index (χ3n) is 1.01. The van der Waals surface area contributed by atoms with Crippen molar-refractivity contribution in [3.8, 4) is 0 Å². The molecule has 3 heteroatoms. The predicted octanol–water partition coefficient (Wildman–Crippen LogP) is 0.316. The van der Waals surface area contributed by atoms with Crippen molar-refractivity contribution in [2.75, 3.05) is 19.8 Å². The van der Waals surface area contributed by atoms with Crippen molar-refractivity contribution in [2.24, 2.45) is 0 Å². The Morgan fingerprint density at radius 1 is 1.56 bits per heavy atom. The molecular formula is C6H14FNO. The maximum atomic E-state index is 11.4. The van der Waals surface area contributed by atoms with Crippen LogP contribution in [-0.4, -0.2) is 31.0 Å². The molecule has 0 aromatic carbocycles. The Bertz CT molecular complexity index is 59.0. The number of hydrogen-bond acceptors (Lipinski definition) is 2. The molecule has 56 valence electrons. The quantitative estimate of drug-likeness (QED) is 0.532. The van der Waals surface area contributed by atoms with Crippen molar-refractivity contribution in [1.29, 1.82) is 0 Å². The summed E-state index contributed by atoms with van der Waals surface area (Å²) in [6.45, 7) is 2.48. The van der Waals surface area contributed by atoms with Gasteiger partial charge in [-0.1, -0.05) is 0 Å². The first-order chi connectivity index (χ1) is 4.27. The number of rotatable bonds is 5. The van der Waals surface area contributed by atoms with Crippen LogP contribution in [0.1, 0.15) is 13.3 Å². The van der Waals surface area contributed by atoms with Crippen molar-refractivity contribution < 1.29 is 9.50 Å². The second-order valence-corrected chi connectivity index (χ2v) is 2.08. The average molecular weight is 135 g/mol. The van der Waals surface area contributed by atoms with Gasteiger partial charge in [-0.05, 0) is 19.9 Å². The molecule has 2 N–H and O–H groups in total. The van der Waals surface area contributed by atoms with Crippen molar-refractivity contribution >= 4 is 0 Å². The summed E-state index contributed by atoms with van der Waals surface area (Å²) in [6.07, 6.45) is 0.414. The fraction of sp³-hybridized carbons (Fsp3) is 1.00. The molecular weight excluding hydrogens is 121 g/mol. The van der Waals surface area contributed by atoms with E-state index in [1.807, 2.05) is 0 Å². The van der Waals surface area contributed by atoms with Crippen LogP contribution in [0, 0.1) is 0 Å². The van der Waals surface area contributed by atoms with Crippen LogP contribution in [0.25, 0.3) is 0 Å². The summed E-state index contributed by atoms with van der Waals surface area (Å²) in [5.41, 5.74) is 0. The van der Waals surface area contributed by atoms with Gasteiger partial charge in [-0.3, -0.25) is 0 Å². The highest BCUT2D eigenvalue weighted by molar-refractivity contribution is 4.50. The lowest BCUT2D eigenvalue weighted by Crippen LogP contribution is -2.21. The minimum Gasteiger partial charge on any atom is -0.393 e. The zero-order chi connectivity index (χ0) is 7.11. The maximum Gasteiger partial charge on any atom is 0.102 e. The molecule has 0 saturated heterocycles. The van der Waals surface area contributed by atoms with Crippen LogP contribution in [0.5, 0.6) is 0 Å². The SMILES string of the molecule is CC(O)CCNCCF. The highest BCUT2D eigenvalue weighted by Gasteiger charge is 1.92. The third kappa shape index (κ3) is 7.85. The first-order valence-corrected chi connectivity index (χ1v) is 3.22. The highest BCUT2D eigenvalue weighted by Crippen LogP contribution is 1.84. The number of alkyl halides is 1. The monoisotopic (exact) mass is 135 g/mol. The van der Waals surface area contributed by atoms with E-state index in [0.717, 1.165) is 0 Å². The van der Waals surface area contributed by atoms with Crippen LogP contribution in [0.15, 0.2) is 0 Å². The number of aliphatic hydroxyl groups is 1. The topological polar surface area (TPSA) is 32.3 Å². The van der Waals surface area contributed by atoms with Gasteiger partial charge in [-0.15, -0.1) is 0 Å². The van der Waals surface area contributed by atoms with Crippen LogP contribution in [0.3, 0.4) is 0 Å². The van der Waals surface area contributed by atoms with Crippen molar-refractivity contribution in [3.63, 3.8) is 0 Å². The zero-order valence-electron chi connectivity index (χ0n) is 5.73. The summed E-state index contributed by atoms with van der Waals surface area (Å²) >= 11 is 0. The summed E-state index contributed by atoms with van der Waals surface area (Å²) in [4.78, 5) is 0. The van der Waals surface area contributed by atoms with Gasteiger partial charge in [0.2, 0.25) is 0 Å². The molecule has 0 bridgehead atoms. The molecule has 0 aromatic heterocycles. The van der Waals surface area contributed by atoms with E-state index in [-0.39, 0.29) is 12.8 Å². The summed E-state index contributed by atoms with van der Waals surface area (Å²) in [6, 6.07) is 0. The van der Waals surface area contributed by atoms with Gasteiger partial charge in [0.1, 0.15) is 6.67 Å². The molecule has 0 rings (SSSR count). The first-order valence-electron chi connectivity index (χ1n) is 3.22. The molecule has 0 aliphatic rings. The molecule has 0 aromatic rings. The van der Waals surface area contributed by atoms with E-state index in [1.54, 1.807) is 6.92 Å². The van der Waals surface area contributed by atoms with E-state index >= 15 is 0 Å². The molecule has 0 radical (unpaired) electrons. The van der Waals surface area contributed by atoms with E-state index in [0.29, 0.717) is 19.5 Å². The predicted molar refractivity (Wildman–Crippen MR) is 35.1 cm³/mol. The molecule has 0 spiro atoms. The molecule has 0 aliphatic carbocycles. The maximum absolute atomic E-state index is 11.4. The van der Waals surface area contributed by atoms with E-state index in [9.17, 15) is 4.39 Å². The van der Waals surface area contributed by atoms with E-state index in [4.69, 9.17) is 5.11 Å². The first kappa shape index (κ1) is 8.85. The van der Waals surface area contributed by atoms with Gasteiger partial charge < -0.3 is 10.4 Å². The van der Waals surface area contributed by atoms with E-state index < -0.39 is 0 Å². The number of nitrogens with one attached hydrogen (secondary N) is 1. The second kappa shape index (κ2) is 5.98. The summed E-state index contributed by atoms with van der Waals surface area (Å²) in [5.74, 6) is 0. The lowest BCUT2D eigenvalue weighted by Gasteiger charge is -2.03. The molecule has 2 nitrogen and oxygen atoms in total. The molecule has 1 atom stereocenters. The number of halogens is 1. The van der Waals surface area contributed by atoms with Crippen LogP contribution >= 0.6 is 0 Å². The summed E-state index contributed by atoms with van der Waals surface area (Å²) in [5, 5.41) is 11.5. The average Bonchev–Trinajstić information content (AvgIpc) is 1.80. The third-order valence-corrected chi connectivity index (χ3v) is 1.01. The van der Waals surface area contributed by atoms with Crippen LogP contribution in [-0.2, 0) is 0 Å². The normalized spacial score (nSPS) is 13.7. The zero-order valence-corrected chi connectivity index (χ0v) is 5.73. The molecule has 0 amide bonds. The minimum absolute atomic E-state index is 0.280. The molecule has 0 fully saturated rings. The van der Waals surface area contributed by atoms with E-state index in [1.165, 1.54) is 0 Å². The van der Waals surface area contributed by atoms with Gasteiger partial charge in [-0.25, -0.2) is 4.39 Å². The molecule has 1 unspecified atom stereocenters. The fourth-order valence-electron chi connectivity index (χ4n) is 0.503. The van der Waals surface area contributed by atoms with Crippen LogP contribution in [0.4, 0.5) is 4.39 Å². The van der Waals surface area contributed by atoms with Gasteiger partial charge >= 0.3 is 0 Å². The summed E-state index contributed by atoms with van der Waals surface area (Å²) in [7, 11) is 0. The Kier molecular flexibility index (Phi) is 5.88. The van der Waals surface area contributed by atoms with Gasteiger partial charge in [0, 0.05) is 6.54 Å². The Morgan fingerprint density at radius 3 is 2.67 bits per heavy atom. The van der Waals surface area contributed by atoms with Gasteiger partial charge in [0.05, 0.1) is 6.10 Å². The van der Waals surface area contributed by atoms with Crippen molar-refractivity contribution in [1.82, 2.24) is 5.32 Å². The molecule has 0 saturated carbocycles. The van der Waals surface area contributed by atoms with Crippen molar-refractivity contribution in [3.05, 3.63) is 0 Å². The Balaban J connectivity index is 2.75. The van der Waals surface area contributed by atoms with Crippen molar-refractivity contribution in [2.45, 2.75) is 19.4 Å². The smallest absolute Gasteiger partial charge is 0.102 e. The van der Waals surface area contributed by atoms with Crippen LogP contribution < -0.4 is 5.32 Å². The van der Waals surface area contributed by atoms with Crippen LogP contribution in [0.2, 0.25) is 0 Å². The Hall–Kier alpha value is -0.150. The second-order valence-electron chi connectivity index (χ2n) is 2.08. The number of hydrogen-bond donors (Lipinski definition) is 2. The fourth-order valence-corrected chi connectivity index (χ4v) is 0.503. The van der Waals surface area contributed by atoms with Gasteiger partial charge in [0.15, 0.2) is 0 Å². The lowest BCUT2D eigenvalue weighted by atomic mass is 10.3. The highest BCUT2D eigenvalue weighted by atomic mass is 19.1. The largest absolute Gasteiger partial charge is 0.393 e. The standard InChI is InChI=1S/C6H14FNO/c1-6(9)2-4-8-5-3-7/h6,8-9H,2-5H2,1H3. The molecule has 0 heterocycles. The van der Waals surface area contributed by atoms with Gasteiger partial charge in [-0.2, -0.15) is 0 Å². The van der Waals surface area contributed by atoms with E-state index in [2.05, 4.69) is 5.32 Å². The molecule has 9 heavy (non-hydrogen) atoms. The number of aliphatic hydroxyl groups excluding tert-OH is 1. The van der Waals surface area contributed by atoms with Gasteiger partial charge in [0.25, 0.3) is 0 Å².